The Morgan fingerprint density at radius 1 is 1.23 bits per heavy atom. The molecule has 5 rings (SSSR count). The third kappa shape index (κ3) is 4.14. The zero-order chi connectivity index (χ0) is 21.5. The Bertz CT molecular complexity index is 934. The summed E-state index contributed by atoms with van der Waals surface area (Å²) in [5.41, 5.74) is 4.28. The van der Waals surface area contributed by atoms with Gasteiger partial charge in [0.1, 0.15) is 0 Å². The molecule has 164 valence electrons. The van der Waals surface area contributed by atoms with Crippen molar-refractivity contribution < 1.29 is 4.79 Å². The smallest absolute Gasteiger partial charge is 0.220 e. The topological polar surface area (TPSA) is 35.6 Å². The number of carbonyl (C=O) groups excluding carboxylic acids is 1. The van der Waals surface area contributed by atoms with Crippen molar-refractivity contribution in [2.24, 2.45) is 23.7 Å². The van der Waals surface area contributed by atoms with E-state index in [1.54, 1.807) is 5.57 Å². The molecule has 0 radical (unpaired) electrons. The van der Waals surface area contributed by atoms with Gasteiger partial charge in [0.25, 0.3) is 0 Å². The van der Waals surface area contributed by atoms with Gasteiger partial charge in [-0.05, 0) is 73.4 Å². The minimum absolute atomic E-state index is 0.168. The number of fused-ring (bicyclic) bond motifs is 2. The quantitative estimate of drug-likeness (QED) is 0.678. The average molecular weight is 482 g/mol. The summed E-state index contributed by atoms with van der Waals surface area (Å²) in [4.78, 5) is 17.4. The molecule has 5 atom stereocenters. The molecule has 2 heterocycles. The molecule has 1 saturated carbocycles. The van der Waals surface area contributed by atoms with Crippen LogP contribution in [-0.4, -0.2) is 48.9 Å². The number of rotatable bonds is 5. The minimum Gasteiger partial charge on any atom is -0.356 e. The molecule has 4 aliphatic rings. The predicted octanol–water partition coefficient (Wildman–Crippen LogP) is 4.35. The van der Waals surface area contributed by atoms with E-state index < -0.39 is 0 Å². The highest BCUT2D eigenvalue weighted by molar-refractivity contribution is 9.10. The molecular formula is C26H32BrN3O. The molecule has 4 nitrogen and oxygen atoms in total. The van der Waals surface area contributed by atoms with Gasteiger partial charge in [-0.3, -0.25) is 4.79 Å². The summed E-state index contributed by atoms with van der Waals surface area (Å²) in [6, 6.07) is 8.86. The van der Waals surface area contributed by atoms with Crippen molar-refractivity contribution in [1.29, 1.82) is 0 Å². The molecule has 2 unspecified atom stereocenters. The first kappa shape index (κ1) is 21.0. The van der Waals surface area contributed by atoms with E-state index in [0.29, 0.717) is 36.1 Å². The zero-order valence-electron chi connectivity index (χ0n) is 18.4. The molecule has 31 heavy (non-hydrogen) atoms. The maximum atomic E-state index is 12.5. The summed E-state index contributed by atoms with van der Waals surface area (Å²) in [6.45, 7) is 1.86. The molecule has 1 aromatic carbocycles. The fourth-order valence-electron chi connectivity index (χ4n) is 6.29. The molecule has 0 aromatic heterocycles. The maximum absolute atomic E-state index is 12.5. The molecule has 1 saturated heterocycles. The van der Waals surface area contributed by atoms with E-state index in [9.17, 15) is 4.79 Å². The van der Waals surface area contributed by atoms with Crippen LogP contribution in [0.2, 0.25) is 0 Å². The predicted molar refractivity (Wildman–Crippen MR) is 128 cm³/mol. The number of amides is 1. The fraction of sp³-hybridized carbons (Fsp3) is 0.500. The lowest BCUT2D eigenvalue weighted by Crippen LogP contribution is -2.54. The summed E-state index contributed by atoms with van der Waals surface area (Å²) in [5, 5.41) is 3.24. The minimum atomic E-state index is 0.168. The lowest BCUT2D eigenvalue weighted by atomic mass is 9.61. The third-order valence-corrected chi connectivity index (χ3v) is 8.29. The molecule has 2 fully saturated rings. The van der Waals surface area contributed by atoms with Crippen molar-refractivity contribution in [3.8, 4) is 0 Å². The Kier molecular flexibility index (Phi) is 5.82. The van der Waals surface area contributed by atoms with Crippen LogP contribution in [0, 0.1) is 23.7 Å². The third-order valence-electron chi connectivity index (χ3n) is 7.76. The summed E-state index contributed by atoms with van der Waals surface area (Å²) < 4.78 is 1.07. The highest BCUT2D eigenvalue weighted by Crippen LogP contribution is 2.52. The Morgan fingerprint density at radius 2 is 2.03 bits per heavy atom. The molecule has 2 aliphatic heterocycles. The monoisotopic (exact) mass is 481 g/mol. The fourth-order valence-corrected chi connectivity index (χ4v) is 6.56. The number of nitrogens with zero attached hydrogens (tertiary/aromatic N) is 2. The molecule has 2 aliphatic carbocycles. The van der Waals surface area contributed by atoms with Crippen molar-refractivity contribution in [1.82, 2.24) is 15.1 Å². The Hall–Kier alpha value is -1.85. The van der Waals surface area contributed by atoms with Crippen molar-refractivity contribution in [2.75, 3.05) is 27.2 Å². The van der Waals surface area contributed by atoms with Crippen LogP contribution < -0.4 is 5.32 Å². The summed E-state index contributed by atoms with van der Waals surface area (Å²) in [5.74, 6) is 2.52. The van der Waals surface area contributed by atoms with E-state index in [1.807, 2.05) is 12.1 Å². The van der Waals surface area contributed by atoms with E-state index in [-0.39, 0.29) is 5.91 Å². The van der Waals surface area contributed by atoms with Crippen LogP contribution in [0.25, 0.3) is 0 Å². The maximum Gasteiger partial charge on any atom is 0.220 e. The van der Waals surface area contributed by atoms with E-state index in [2.05, 4.69) is 81.7 Å². The lowest BCUT2D eigenvalue weighted by molar-refractivity contribution is -0.121. The number of allylic oxidation sites excluding steroid dienone is 4. The summed E-state index contributed by atoms with van der Waals surface area (Å²) in [7, 11) is 4.47. The van der Waals surface area contributed by atoms with Crippen LogP contribution in [0.15, 0.2) is 64.4 Å². The van der Waals surface area contributed by atoms with Gasteiger partial charge in [0.15, 0.2) is 0 Å². The molecule has 0 bridgehead atoms. The van der Waals surface area contributed by atoms with Crippen molar-refractivity contribution in [3.63, 3.8) is 0 Å². The number of hydrogen-bond donors (Lipinski definition) is 1. The first-order valence-corrected chi connectivity index (χ1v) is 12.3. The highest BCUT2D eigenvalue weighted by atomic mass is 79.9. The Morgan fingerprint density at radius 3 is 2.84 bits per heavy atom. The van der Waals surface area contributed by atoms with Crippen LogP contribution in [0.3, 0.4) is 0 Å². The molecule has 0 spiro atoms. The molecule has 1 N–H and O–H groups in total. The number of carbonyl (C=O) groups is 1. The molecule has 1 amide bonds. The number of nitrogens with one attached hydrogen (secondary N) is 1. The van der Waals surface area contributed by atoms with Crippen LogP contribution in [0.4, 0.5) is 0 Å². The van der Waals surface area contributed by atoms with Crippen LogP contribution >= 0.6 is 15.9 Å². The van der Waals surface area contributed by atoms with Crippen LogP contribution in [0.1, 0.15) is 24.8 Å². The van der Waals surface area contributed by atoms with Gasteiger partial charge < -0.3 is 15.1 Å². The number of hydrogen-bond acceptors (Lipinski definition) is 3. The second kappa shape index (κ2) is 8.59. The molecular weight excluding hydrogens is 450 g/mol. The SMILES string of the molecule is CN1C=C2C[C@@H]3[C@H](C[C@@H](CNC(=O)CCc4ccc(Br)cc4)CN3C)C3C=CC=C1C23. The number of piperidine rings is 1. The van der Waals surface area contributed by atoms with Crippen LogP contribution in [-0.2, 0) is 11.2 Å². The second-order valence-corrected chi connectivity index (χ2v) is 10.7. The van der Waals surface area contributed by atoms with Gasteiger partial charge in [-0.2, -0.15) is 0 Å². The van der Waals surface area contributed by atoms with Crippen LogP contribution in [0.5, 0.6) is 0 Å². The average Bonchev–Trinajstić information content (AvgIpc) is 3.09. The van der Waals surface area contributed by atoms with Crippen molar-refractivity contribution in [3.05, 3.63) is 70.0 Å². The van der Waals surface area contributed by atoms with Gasteiger partial charge >= 0.3 is 0 Å². The van der Waals surface area contributed by atoms with Gasteiger partial charge in [0, 0.05) is 54.9 Å². The Balaban J connectivity index is 1.18. The van der Waals surface area contributed by atoms with Gasteiger partial charge in [-0.1, -0.05) is 40.2 Å². The van der Waals surface area contributed by atoms with E-state index in [1.165, 1.54) is 24.1 Å². The largest absolute Gasteiger partial charge is 0.356 e. The first-order valence-electron chi connectivity index (χ1n) is 11.5. The van der Waals surface area contributed by atoms with Gasteiger partial charge in [-0.15, -0.1) is 0 Å². The molecule has 1 aromatic rings. The van der Waals surface area contributed by atoms with Crippen molar-refractivity contribution in [2.45, 2.75) is 31.7 Å². The summed E-state index contributed by atoms with van der Waals surface area (Å²) >= 11 is 3.46. The Labute approximate surface area is 194 Å². The number of halogens is 1. The molecule has 5 heteroatoms. The normalized spacial score (nSPS) is 31.6. The van der Waals surface area contributed by atoms with Gasteiger partial charge in [0.2, 0.25) is 5.91 Å². The van der Waals surface area contributed by atoms with Crippen molar-refractivity contribution >= 4 is 21.8 Å². The lowest BCUT2D eigenvalue weighted by Gasteiger charge is -2.51. The highest BCUT2D eigenvalue weighted by Gasteiger charge is 2.49. The van der Waals surface area contributed by atoms with Gasteiger partial charge in [-0.25, -0.2) is 0 Å². The second-order valence-electron chi connectivity index (χ2n) is 9.75. The zero-order valence-corrected chi connectivity index (χ0v) is 20.0. The number of aryl methyl sites for hydroxylation is 1. The summed E-state index contributed by atoms with van der Waals surface area (Å²) in [6.07, 6.45) is 13.1. The number of likely N-dealkylation sites (tertiary alicyclic amines) is 1. The van der Waals surface area contributed by atoms with E-state index in [4.69, 9.17) is 0 Å². The first-order chi connectivity index (χ1) is 15.0. The van der Waals surface area contributed by atoms with E-state index >= 15 is 0 Å². The number of benzene rings is 1. The van der Waals surface area contributed by atoms with Gasteiger partial charge in [0.05, 0.1) is 0 Å². The van der Waals surface area contributed by atoms with E-state index in [0.717, 1.165) is 24.0 Å². The standard InChI is InChI=1S/C26H32BrN3O/c1-29-15-18(14-28-25(31)11-8-17-6-9-20(27)10-7-17)12-22-21-4-3-5-23-26(21)19(13-24(22)29)16-30(23)2/h3-7,9-10,16,18,21-22,24,26H,8,11-15H2,1-2H3,(H,28,31)/t18-,21?,22+,24+,26?/m0/s1.